The van der Waals surface area contributed by atoms with E-state index in [1.165, 1.54) is 19.1 Å². The number of esters is 1. The zero-order valence-corrected chi connectivity index (χ0v) is 20.9. The first-order valence-corrected chi connectivity index (χ1v) is 11.5. The van der Waals surface area contributed by atoms with E-state index in [4.69, 9.17) is 39.5 Å². The van der Waals surface area contributed by atoms with Crippen molar-refractivity contribution in [2.75, 3.05) is 7.11 Å². The molecule has 3 atom stereocenters. The third-order valence-electron chi connectivity index (χ3n) is 5.08. The topological polar surface area (TPSA) is 84.9 Å². The van der Waals surface area contributed by atoms with Crippen molar-refractivity contribution in [3.63, 3.8) is 0 Å². The van der Waals surface area contributed by atoms with Crippen LogP contribution in [0.5, 0.6) is 5.75 Å². The molecule has 3 rings (SSSR count). The van der Waals surface area contributed by atoms with E-state index in [1.54, 1.807) is 42.5 Å². The molecular weight excluding hydrogens is 520 g/mol. The highest BCUT2D eigenvalue weighted by Gasteiger charge is 2.27. The number of hydrogen-bond acceptors (Lipinski definition) is 5. The lowest BCUT2D eigenvalue weighted by atomic mass is 10.0. The van der Waals surface area contributed by atoms with Crippen molar-refractivity contribution in [3.8, 4) is 5.75 Å². The van der Waals surface area contributed by atoms with Gasteiger partial charge in [0.25, 0.3) is 5.91 Å². The molecule has 184 valence electrons. The maximum Gasteiger partial charge on any atom is 0.331 e. The lowest BCUT2D eigenvalue weighted by Gasteiger charge is -2.22. The largest absolute Gasteiger partial charge is 0.478 e. The SMILES string of the molecule is COC(=O)C(NC(=O)c1ccc(OC(c2ccc(Cl)cc2)c2ccc(Cl)cc2Cl)c(F)c1)C(C)O. The zero-order chi connectivity index (χ0) is 25.7. The predicted octanol–water partition coefficient (Wildman–Crippen LogP) is 5.61. The first-order valence-electron chi connectivity index (χ1n) is 10.3. The number of carbonyl (C=O) groups is 2. The Morgan fingerprint density at radius 1 is 0.971 bits per heavy atom. The molecule has 0 aliphatic rings. The van der Waals surface area contributed by atoms with E-state index in [2.05, 4.69) is 10.1 Å². The fourth-order valence-corrected chi connectivity index (χ4v) is 3.89. The predicted molar refractivity (Wildman–Crippen MR) is 132 cm³/mol. The van der Waals surface area contributed by atoms with Crippen LogP contribution >= 0.6 is 34.8 Å². The Bertz CT molecular complexity index is 1220. The molecule has 0 aromatic heterocycles. The molecule has 0 saturated heterocycles. The summed E-state index contributed by atoms with van der Waals surface area (Å²) in [4.78, 5) is 24.3. The molecule has 2 N–H and O–H groups in total. The van der Waals surface area contributed by atoms with Crippen LogP contribution in [0.15, 0.2) is 60.7 Å². The van der Waals surface area contributed by atoms with Crippen molar-refractivity contribution in [1.29, 1.82) is 0 Å². The number of aliphatic hydroxyl groups is 1. The van der Waals surface area contributed by atoms with Crippen molar-refractivity contribution >= 4 is 46.7 Å². The van der Waals surface area contributed by atoms with Crippen molar-refractivity contribution in [2.24, 2.45) is 0 Å². The van der Waals surface area contributed by atoms with Gasteiger partial charge in [-0.1, -0.05) is 53.0 Å². The van der Waals surface area contributed by atoms with Crippen molar-refractivity contribution in [3.05, 3.63) is 98.2 Å². The van der Waals surface area contributed by atoms with Crippen LogP contribution in [-0.4, -0.2) is 36.2 Å². The summed E-state index contributed by atoms with van der Waals surface area (Å²) in [6, 6.07) is 13.9. The molecule has 35 heavy (non-hydrogen) atoms. The number of nitrogens with one attached hydrogen (secondary N) is 1. The van der Waals surface area contributed by atoms with Crippen LogP contribution in [0.3, 0.4) is 0 Å². The molecule has 10 heteroatoms. The molecule has 0 radical (unpaired) electrons. The summed E-state index contributed by atoms with van der Waals surface area (Å²) in [5.74, 6) is -2.58. The van der Waals surface area contributed by atoms with Crippen LogP contribution in [0.1, 0.15) is 34.5 Å². The van der Waals surface area contributed by atoms with Gasteiger partial charge in [-0.05, 0) is 55.0 Å². The molecule has 0 aliphatic heterocycles. The number of halogens is 4. The average Bonchev–Trinajstić information content (AvgIpc) is 2.82. The van der Waals surface area contributed by atoms with E-state index >= 15 is 4.39 Å². The average molecular weight is 541 g/mol. The highest BCUT2D eigenvalue weighted by Crippen LogP contribution is 2.35. The number of amides is 1. The first kappa shape index (κ1) is 26.8. The highest BCUT2D eigenvalue weighted by atomic mass is 35.5. The summed E-state index contributed by atoms with van der Waals surface area (Å²) >= 11 is 18.4. The number of hydrogen-bond donors (Lipinski definition) is 2. The molecular formula is C25H21Cl3FNO5. The minimum absolute atomic E-state index is 0.0861. The van der Waals surface area contributed by atoms with Gasteiger partial charge in [0, 0.05) is 26.2 Å². The Labute approximate surface area is 216 Å². The molecule has 0 heterocycles. The van der Waals surface area contributed by atoms with Gasteiger partial charge >= 0.3 is 5.97 Å². The van der Waals surface area contributed by atoms with Crippen LogP contribution in [0.25, 0.3) is 0 Å². The zero-order valence-electron chi connectivity index (χ0n) is 18.6. The fourth-order valence-electron chi connectivity index (χ4n) is 3.26. The summed E-state index contributed by atoms with van der Waals surface area (Å²) in [5.41, 5.74) is 1.10. The lowest BCUT2D eigenvalue weighted by molar-refractivity contribution is -0.145. The number of carbonyl (C=O) groups excluding carboxylic acids is 2. The molecule has 0 spiro atoms. The Balaban J connectivity index is 1.90. The van der Waals surface area contributed by atoms with Gasteiger partial charge in [-0.3, -0.25) is 4.79 Å². The standard InChI is InChI=1S/C25H21Cl3FNO5/c1-13(31)22(25(33)34-2)30-24(32)15-5-10-21(20(29)11-15)35-23(14-3-6-16(26)7-4-14)18-9-8-17(27)12-19(18)28/h3-13,22-23,31H,1-2H3,(H,30,32). The second kappa shape index (κ2) is 11.7. The normalized spacial score (nSPS) is 13.5. The second-order valence-corrected chi connectivity index (χ2v) is 8.86. The monoisotopic (exact) mass is 539 g/mol. The minimum atomic E-state index is -1.31. The number of benzene rings is 3. The molecule has 3 aromatic rings. The van der Waals surface area contributed by atoms with Gasteiger partial charge < -0.3 is 19.9 Å². The molecule has 6 nitrogen and oxygen atoms in total. The van der Waals surface area contributed by atoms with Gasteiger partial charge in [0.15, 0.2) is 23.7 Å². The van der Waals surface area contributed by atoms with E-state index in [0.29, 0.717) is 26.2 Å². The van der Waals surface area contributed by atoms with Crippen molar-refractivity contribution in [2.45, 2.75) is 25.2 Å². The maximum atomic E-state index is 15.0. The maximum absolute atomic E-state index is 15.0. The van der Waals surface area contributed by atoms with Gasteiger partial charge in [-0.25, -0.2) is 9.18 Å². The molecule has 0 bridgehead atoms. The Hall–Kier alpha value is -2.84. The lowest BCUT2D eigenvalue weighted by Crippen LogP contribution is -2.48. The summed E-state index contributed by atoms with van der Waals surface area (Å²) in [7, 11) is 1.12. The summed E-state index contributed by atoms with van der Waals surface area (Å²) < 4.78 is 25.6. The quantitative estimate of drug-likeness (QED) is 0.363. The number of rotatable bonds is 8. The molecule has 0 aliphatic carbocycles. The molecule has 1 amide bonds. The molecule has 0 saturated carbocycles. The van der Waals surface area contributed by atoms with Crippen molar-refractivity contribution < 1.29 is 28.6 Å². The summed E-state index contributed by atoms with van der Waals surface area (Å²) in [6.07, 6.45) is -2.03. The van der Waals surface area contributed by atoms with Crippen LogP contribution < -0.4 is 10.1 Å². The molecule has 0 fully saturated rings. The highest BCUT2D eigenvalue weighted by molar-refractivity contribution is 6.35. The van der Waals surface area contributed by atoms with E-state index in [-0.39, 0.29) is 11.3 Å². The Kier molecular flexibility index (Phi) is 8.97. The van der Waals surface area contributed by atoms with Crippen molar-refractivity contribution in [1.82, 2.24) is 5.32 Å². The van der Waals surface area contributed by atoms with E-state index in [1.807, 2.05) is 0 Å². The minimum Gasteiger partial charge on any atom is -0.478 e. The Morgan fingerprint density at radius 3 is 2.20 bits per heavy atom. The molecule has 3 unspecified atom stereocenters. The van der Waals surface area contributed by atoms with E-state index in [9.17, 15) is 14.7 Å². The first-order chi connectivity index (χ1) is 16.6. The third kappa shape index (κ3) is 6.64. The number of aliphatic hydroxyl groups excluding tert-OH is 1. The number of ether oxygens (including phenoxy) is 2. The van der Waals surface area contributed by atoms with Crippen LogP contribution in [0.2, 0.25) is 15.1 Å². The summed E-state index contributed by atoms with van der Waals surface area (Å²) in [5, 5.41) is 13.3. The second-order valence-electron chi connectivity index (χ2n) is 7.58. The van der Waals surface area contributed by atoms with E-state index in [0.717, 1.165) is 13.2 Å². The summed E-state index contributed by atoms with van der Waals surface area (Å²) in [6.45, 7) is 1.32. The fraction of sp³-hybridized carbons (Fsp3) is 0.200. The van der Waals surface area contributed by atoms with Gasteiger partial charge in [-0.15, -0.1) is 0 Å². The molecule has 3 aromatic carbocycles. The van der Waals surface area contributed by atoms with Gasteiger partial charge in [0.1, 0.15) is 0 Å². The number of methoxy groups -OCH3 is 1. The van der Waals surface area contributed by atoms with Gasteiger partial charge in [0.2, 0.25) is 0 Å². The van der Waals surface area contributed by atoms with E-state index < -0.39 is 35.9 Å². The van der Waals surface area contributed by atoms with Crippen LogP contribution in [0.4, 0.5) is 4.39 Å². The van der Waals surface area contributed by atoms with Gasteiger partial charge in [-0.2, -0.15) is 0 Å². The van der Waals surface area contributed by atoms with Crippen LogP contribution in [0, 0.1) is 5.82 Å². The Morgan fingerprint density at radius 2 is 1.63 bits per heavy atom. The van der Waals surface area contributed by atoms with Gasteiger partial charge in [0.05, 0.1) is 13.2 Å². The smallest absolute Gasteiger partial charge is 0.331 e. The van der Waals surface area contributed by atoms with Crippen LogP contribution in [-0.2, 0) is 9.53 Å². The third-order valence-corrected chi connectivity index (χ3v) is 5.90.